The predicted octanol–water partition coefficient (Wildman–Crippen LogP) is 11.7. The van der Waals surface area contributed by atoms with Gasteiger partial charge in [0.25, 0.3) is 0 Å². The first-order valence-electron chi connectivity index (χ1n) is 22.9. The van der Waals surface area contributed by atoms with Crippen molar-refractivity contribution in [3.05, 3.63) is 147 Å². The zero-order valence-corrected chi connectivity index (χ0v) is 45.8. The maximum absolute atomic E-state index is 8.29. The molecule has 72 heavy (non-hydrogen) atoms. The molecular weight excluding hydrogens is 1100 g/mol. The summed E-state index contributed by atoms with van der Waals surface area (Å²) < 4.78 is 39.7. The molecular formula is C53H61Br2ClN10O4S2. The first-order chi connectivity index (χ1) is 34.0. The minimum absolute atomic E-state index is 0. The van der Waals surface area contributed by atoms with E-state index in [0.717, 1.165) is 96.3 Å². The van der Waals surface area contributed by atoms with E-state index in [4.69, 9.17) is 39.2 Å². The summed E-state index contributed by atoms with van der Waals surface area (Å²) in [6, 6.07) is 34.1. The van der Waals surface area contributed by atoms with Gasteiger partial charge in [-0.2, -0.15) is 16.8 Å². The number of rotatable bonds is 6. The topological polar surface area (TPSA) is 192 Å². The molecule has 2 aliphatic rings. The zero-order chi connectivity index (χ0) is 51.3. The molecule has 2 aliphatic heterocycles. The number of aromatic nitrogens is 6. The van der Waals surface area contributed by atoms with E-state index in [1.54, 1.807) is 6.20 Å². The van der Waals surface area contributed by atoms with Crippen LogP contribution in [0.2, 0.25) is 5.28 Å². The molecule has 5 N–H and O–H groups in total. The Balaban J connectivity index is 0.000000211. The van der Waals surface area contributed by atoms with Crippen LogP contribution in [0.1, 0.15) is 71.9 Å². The highest BCUT2D eigenvalue weighted by molar-refractivity contribution is 9.10. The van der Waals surface area contributed by atoms with Crippen LogP contribution in [0.3, 0.4) is 0 Å². The van der Waals surface area contributed by atoms with Crippen molar-refractivity contribution in [2.24, 2.45) is 5.73 Å². The van der Waals surface area contributed by atoms with Gasteiger partial charge in [-0.15, -0.1) is 0 Å². The first kappa shape index (κ1) is 57.6. The summed E-state index contributed by atoms with van der Waals surface area (Å²) in [4.78, 5) is 18.1. The van der Waals surface area contributed by atoms with Crippen molar-refractivity contribution in [1.82, 2.24) is 39.7 Å². The van der Waals surface area contributed by atoms with Crippen LogP contribution in [0, 0.1) is 13.8 Å². The Bertz CT molecular complexity index is 3110. The van der Waals surface area contributed by atoms with Crippen molar-refractivity contribution in [3.63, 3.8) is 0 Å². The van der Waals surface area contributed by atoms with Gasteiger partial charge in [0, 0.05) is 103 Å². The molecule has 380 valence electrons. The molecule has 4 aromatic heterocycles. The number of para-hydroxylation sites is 2. The molecule has 2 fully saturated rings. The summed E-state index contributed by atoms with van der Waals surface area (Å²) in [5, 5.41) is 13.1. The van der Waals surface area contributed by atoms with Crippen LogP contribution in [0.25, 0.3) is 55.7 Å². The van der Waals surface area contributed by atoms with Crippen molar-refractivity contribution in [1.29, 1.82) is 0 Å². The fourth-order valence-electron chi connectivity index (χ4n) is 8.43. The predicted molar refractivity (Wildman–Crippen MR) is 301 cm³/mol. The summed E-state index contributed by atoms with van der Waals surface area (Å²) >= 11 is 11.7. The molecule has 0 radical (unpaired) electrons. The average Bonchev–Trinajstić information content (AvgIpc) is 3.92. The summed E-state index contributed by atoms with van der Waals surface area (Å²) in [7, 11) is 0. The van der Waals surface area contributed by atoms with Crippen molar-refractivity contribution in [3.8, 4) is 33.9 Å². The Morgan fingerprint density at radius 1 is 0.667 bits per heavy atom. The lowest BCUT2D eigenvalue weighted by atomic mass is 9.91. The molecule has 4 aromatic carbocycles. The van der Waals surface area contributed by atoms with Gasteiger partial charge in [0.05, 0.1) is 22.4 Å². The van der Waals surface area contributed by atoms with Gasteiger partial charge >= 0.3 is 23.1 Å². The van der Waals surface area contributed by atoms with Gasteiger partial charge in [-0.05, 0) is 138 Å². The lowest BCUT2D eigenvalue weighted by Gasteiger charge is -2.36. The number of anilines is 1. The largest absolute Gasteiger partial charge is 0.350 e. The third-order valence-corrected chi connectivity index (χ3v) is 13.5. The Kier molecular flexibility index (Phi) is 21.3. The second-order valence-corrected chi connectivity index (χ2v) is 21.0. The van der Waals surface area contributed by atoms with Crippen LogP contribution in [0.4, 0.5) is 5.95 Å². The Morgan fingerprint density at radius 2 is 1.11 bits per heavy atom. The van der Waals surface area contributed by atoms with Gasteiger partial charge in [-0.3, -0.25) is 0 Å². The highest BCUT2D eigenvalue weighted by Gasteiger charge is 2.27. The fourth-order valence-corrected chi connectivity index (χ4v) is 9.27. The summed E-state index contributed by atoms with van der Waals surface area (Å²) in [5.41, 5.74) is 16.7. The van der Waals surface area contributed by atoms with E-state index in [2.05, 4.69) is 186 Å². The molecule has 0 amide bonds. The van der Waals surface area contributed by atoms with E-state index in [9.17, 15) is 0 Å². The van der Waals surface area contributed by atoms with Crippen LogP contribution in [-0.2, 0) is 23.1 Å². The summed E-state index contributed by atoms with van der Waals surface area (Å²) in [6.45, 7) is 14.9. The Hall–Kier alpha value is -5.31. The van der Waals surface area contributed by atoms with Gasteiger partial charge in [0.1, 0.15) is 0 Å². The van der Waals surface area contributed by atoms with Crippen molar-refractivity contribution in [2.75, 3.05) is 18.4 Å². The number of nitrogens with one attached hydrogen (secondary N) is 3. The molecule has 0 unspecified atom stereocenters. The van der Waals surface area contributed by atoms with Crippen LogP contribution in [0.5, 0.6) is 0 Å². The quantitative estimate of drug-likeness (QED) is 0.115. The fraction of sp³-hybridized carbons (Fsp3) is 0.321. The number of benzene rings is 4. The molecule has 8 aromatic rings. The van der Waals surface area contributed by atoms with Gasteiger partial charge in [0.2, 0.25) is 11.2 Å². The molecule has 0 spiro atoms. The number of fused-ring (bicyclic) bond motifs is 2. The van der Waals surface area contributed by atoms with Gasteiger partial charge < -0.3 is 30.8 Å². The van der Waals surface area contributed by atoms with Crippen molar-refractivity contribution in [2.45, 2.75) is 97.8 Å². The monoisotopic (exact) mass is 1160 g/mol. The molecule has 2 atom stereocenters. The number of halogens is 3. The van der Waals surface area contributed by atoms with E-state index in [-0.39, 0.29) is 18.2 Å². The third kappa shape index (κ3) is 15.4. The molecule has 0 aliphatic carbocycles. The van der Waals surface area contributed by atoms with Gasteiger partial charge in [0.15, 0.2) is 0 Å². The van der Waals surface area contributed by atoms with Gasteiger partial charge in [-0.25, -0.2) is 19.9 Å². The second kappa shape index (κ2) is 26.6. The number of aryl methyl sites for hydroxylation is 2. The van der Waals surface area contributed by atoms with E-state index < -0.39 is 23.1 Å². The standard InChI is InChI=1S/C26H28BrN5.C19H13BrClN3.C7H16N2.CH4.2O2S/c1-17-14-28-25(30-19-11-12-26(2,3)29-15-19)31-24(17)22-16-32(20-7-5-4-6-8-20)23-13-18(27)9-10-21(22)23;1-12-10-22-19(21)23-18(12)16-11-24(14-5-3-2-4-6-14)17-9-13(20)7-8-15(16)17;1-7(2)4-3-6(8)5-9-7;;2*1-3-2/h4-10,13-14,16,19,29H,11-12,15H2,1-3H3,(H,28,30,31);2-11H,1H3;6,9H,3-5,8H2,1-2H3;1H4;;/t19-;;6-;;;/m0.0.../s1. The summed E-state index contributed by atoms with van der Waals surface area (Å²) in [5.74, 6) is 0.690. The number of hydrogen-bond acceptors (Lipinski definition) is 12. The Morgan fingerprint density at radius 3 is 1.54 bits per heavy atom. The van der Waals surface area contributed by atoms with E-state index >= 15 is 0 Å². The summed E-state index contributed by atoms with van der Waals surface area (Å²) in [6.07, 6.45) is 12.6. The van der Waals surface area contributed by atoms with E-state index in [0.29, 0.717) is 23.6 Å². The Labute approximate surface area is 450 Å². The molecule has 0 saturated carbocycles. The normalized spacial score (nSPS) is 16.4. The van der Waals surface area contributed by atoms with E-state index in [1.807, 2.05) is 43.5 Å². The number of nitrogens with zero attached hydrogens (tertiary/aromatic N) is 6. The number of nitrogens with two attached hydrogens (primary N) is 1. The molecule has 14 nitrogen and oxygen atoms in total. The average molecular weight is 1160 g/mol. The van der Waals surface area contributed by atoms with Crippen molar-refractivity contribution < 1.29 is 16.8 Å². The second-order valence-electron chi connectivity index (χ2n) is 18.6. The van der Waals surface area contributed by atoms with Crippen LogP contribution < -0.4 is 21.7 Å². The first-order valence-corrected chi connectivity index (χ1v) is 26.2. The molecule has 10 rings (SSSR count). The minimum Gasteiger partial charge on any atom is -0.350 e. The third-order valence-electron chi connectivity index (χ3n) is 12.3. The minimum atomic E-state index is -0.750. The number of piperidine rings is 2. The van der Waals surface area contributed by atoms with Crippen LogP contribution >= 0.6 is 43.5 Å². The highest BCUT2D eigenvalue weighted by Crippen LogP contribution is 2.37. The molecule has 0 bridgehead atoms. The zero-order valence-electron chi connectivity index (χ0n) is 40.3. The van der Waals surface area contributed by atoms with Gasteiger partial charge in [-0.1, -0.05) is 87.8 Å². The molecule has 19 heteroatoms. The van der Waals surface area contributed by atoms with Crippen molar-refractivity contribution >= 4 is 94.4 Å². The van der Waals surface area contributed by atoms with Crippen LogP contribution in [0.15, 0.2) is 131 Å². The maximum atomic E-state index is 8.29. The SMILES string of the molecule is C.CC1(C)CC[C@H](N)CN1.Cc1cnc(Cl)nc1-c1cn(-c2ccccc2)c2cc(Br)ccc12.Cc1cnc(N[C@H]2CCC(C)(C)NC2)nc1-c1cn(-c2ccccc2)c2cc(Br)ccc12.O=S=O.O=S=O. The van der Waals surface area contributed by atoms with Crippen LogP contribution in [-0.4, -0.2) is 82.2 Å². The smallest absolute Gasteiger partial charge is 0.335 e. The maximum Gasteiger partial charge on any atom is 0.335 e. The molecule has 2 saturated heterocycles. The lowest BCUT2D eigenvalue weighted by molar-refractivity contribution is 0.281. The lowest BCUT2D eigenvalue weighted by Crippen LogP contribution is -2.51. The highest BCUT2D eigenvalue weighted by atomic mass is 79.9. The number of hydrogen-bond donors (Lipinski definition) is 4. The van der Waals surface area contributed by atoms with E-state index in [1.165, 1.54) is 18.2 Å². The molecule has 6 heterocycles.